The number of nitrogens with zero attached hydrogens (tertiary/aromatic N) is 2. The van der Waals surface area contributed by atoms with Gasteiger partial charge in [-0.05, 0) is 30.7 Å². The van der Waals surface area contributed by atoms with Gasteiger partial charge < -0.3 is 0 Å². The minimum absolute atomic E-state index is 0.667. The van der Waals surface area contributed by atoms with Gasteiger partial charge in [-0.15, -0.1) is 0 Å². The monoisotopic (exact) mass is 204 g/mol. The van der Waals surface area contributed by atoms with E-state index in [2.05, 4.69) is 9.97 Å². The number of halogens is 1. The van der Waals surface area contributed by atoms with E-state index in [4.69, 9.17) is 11.6 Å². The molecule has 0 aliphatic rings. The molecule has 14 heavy (non-hydrogen) atoms. The average molecular weight is 205 g/mol. The second-order valence-electron chi connectivity index (χ2n) is 3.05. The lowest BCUT2D eigenvalue weighted by Crippen LogP contribution is -1.87. The fourth-order valence-corrected chi connectivity index (χ4v) is 1.56. The SMILES string of the molecule is Cc1cc(Cl)cnc1-c1ccncc1. The van der Waals surface area contributed by atoms with Crippen LogP contribution in [0.25, 0.3) is 11.3 Å². The van der Waals surface area contributed by atoms with E-state index in [-0.39, 0.29) is 0 Å². The maximum atomic E-state index is 5.83. The Kier molecular flexibility index (Phi) is 2.46. The van der Waals surface area contributed by atoms with Crippen molar-refractivity contribution in [1.82, 2.24) is 9.97 Å². The largest absolute Gasteiger partial charge is 0.265 e. The summed E-state index contributed by atoms with van der Waals surface area (Å²) in [5.41, 5.74) is 3.09. The highest BCUT2D eigenvalue weighted by molar-refractivity contribution is 6.30. The molecule has 2 aromatic rings. The molecule has 2 rings (SSSR count). The van der Waals surface area contributed by atoms with Crippen LogP contribution in [0.4, 0.5) is 0 Å². The number of rotatable bonds is 1. The van der Waals surface area contributed by atoms with Crippen LogP contribution in [-0.4, -0.2) is 9.97 Å². The molecule has 3 heteroatoms. The molecule has 0 aliphatic carbocycles. The molecule has 2 heterocycles. The number of aryl methyl sites for hydroxylation is 1. The number of aromatic nitrogens is 2. The van der Waals surface area contributed by atoms with Crippen molar-refractivity contribution in [2.24, 2.45) is 0 Å². The van der Waals surface area contributed by atoms with E-state index >= 15 is 0 Å². The number of hydrogen-bond donors (Lipinski definition) is 0. The Morgan fingerprint density at radius 1 is 1.21 bits per heavy atom. The van der Waals surface area contributed by atoms with Crippen LogP contribution in [0.5, 0.6) is 0 Å². The normalized spacial score (nSPS) is 10.1. The topological polar surface area (TPSA) is 25.8 Å². The van der Waals surface area contributed by atoms with E-state index in [1.807, 2.05) is 25.1 Å². The Labute approximate surface area is 87.6 Å². The van der Waals surface area contributed by atoms with Gasteiger partial charge in [0, 0.05) is 24.2 Å². The quantitative estimate of drug-likeness (QED) is 0.714. The van der Waals surface area contributed by atoms with Gasteiger partial charge in [-0.1, -0.05) is 11.6 Å². The minimum Gasteiger partial charge on any atom is -0.265 e. The highest BCUT2D eigenvalue weighted by Gasteiger charge is 2.02. The Bertz CT molecular complexity index is 440. The first-order valence-electron chi connectivity index (χ1n) is 4.30. The van der Waals surface area contributed by atoms with E-state index in [0.29, 0.717) is 5.02 Å². The second kappa shape index (κ2) is 3.76. The predicted molar refractivity (Wildman–Crippen MR) is 57.2 cm³/mol. The van der Waals surface area contributed by atoms with Gasteiger partial charge in [0.15, 0.2) is 0 Å². The third-order valence-electron chi connectivity index (χ3n) is 2.00. The van der Waals surface area contributed by atoms with Gasteiger partial charge in [-0.3, -0.25) is 9.97 Å². The van der Waals surface area contributed by atoms with Crippen LogP contribution in [0.2, 0.25) is 5.02 Å². The highest BCUT2D eigenvalue weighted by atomic mass is 35.5. The molecule has 0 unspecified atom stereocenters. The lowest BCUT2D eigenvalue weighted by Gasteiger charge is -2.04. The third-order valence-corrected chi connectivity index (χ3v) is 2.21. The lowest BCUT2D eigenvalue weighted by atomic mass is 10.1. The van der Waals surface area contributed by atoms with Crippen molar-refractivity contribution in [3.05, 3.63) is 47.4 Å². The summed E-state index contributed by atoms with van der Waals surface area (Å²) < 4.78 is 0. The Morgan fingerprint density at radius 2 is 1.93 bits per heavy atom. The summed E-state index contributed by atoms with van der Waals surface area (Å²) in [4.78, 5) is 8.25. The van der Waals surface area contributed by atoms with Crippen molar-refractivity contribution >= 4 is 11.6 Å². The van der Waals surface area contributed by atoms with Crippen LogP contribution < -0.4 is 0 Å². The van der Waals surface area contributed by atoms with E-state index in [1.54, 1.807) is 18.6 Å². The molecule has 70 valence electrons. The highest BCUT2D eigenvalue weighted by Crippen LogP contribution is 2.22. The molecule has 0 N–H and O–H groups in total. The van der Waals surface area contributed by atoms with Crippen molar-refractivity contribution in [3.8, 4) is 11.3 Å². The first-order valence-corrected chi connectivity index (χ1v) is 4.68. The molecule has 2 aromatic heterocycles. The van der Waals surface area contributed by atoms with Crippen LogP contribution >= 0.6 is 11.6 Å². The Hall–Kier alpha value is -1.41. The summed E-state index contributed by atoms with van der Waals surface area (Å²) >= 11 is 5.83. The van der Waals surface area contributed by atoms with Gasteiger partial charge in [-0.25, -0.2) is 0 Å². The second-order valence-corrected chi connectivity index (χ2v) is 3.49. The first kappa shape index (κ1) is 9.16. The summed E-state index contributed by atoms with van der Waals surface area (Å²) in [6.45, 7) is 1.99. The van der Waals surface area contributed by atoms with Gasteiger partial charge >= 0.3 is 0 Å². The van der Waals surface area contributed by atoms with Gasteiger partial charge in [0.25, 0.3) is 0 Å². The maximum absolute atomic E-state index is 5.83. The van der Waals surface area contributed by atoms with Crippen molar-refractivity contribution in [3.63, 3.8) is 0 Å². The average Bonchev–Trinajstić information content (AvgIpc) is 2.19. The van der Waals surface area contributed by atoms with Crippen LogP contribution in [0, 0.1) is 6.92 Å². The zero-order chi connectivity index (χ0) is 9.97. The summed E-state index contributed by atoms with van der Waals surface area (Å²) in [6.07, 6.45) is 5.17. The van der Waals surface area contributed by atoms with Gasteiger partial charge in [-0.2, -0.15) is 0 Å². The van der Waals surface area contributed by atoms with Crippen molar-refractivity contribution in [2.45, 2.75) is 6.92 Å². The van der Waals surface area contributed by atoms with Crippen molar-refractivity contribution < 1.29 is 0 Å². The molecule has 0 aliphatic heterocycles. The van der Waals surface area contributed by atoms with Crippen molar-refractivity contribution in [1.29, 1.82) is 0 Å². The van der Waals surface area contributed by atoms with Crippen molar-refractivity contribution in [2.75, 3.05) is 0 Å². The van der Waals surface area contributed by atoms with Gasteiger partial charge in [0.05, 0.1) is 10.7 Å². The van der Waals surface area contributed by atoms with Crippen LogP contribution in [0.15, 0.2) is 36.8 Å². The summed E-state index contributed by atoms with van der Waals surface area (Å²) in [7, 11) is 0. The van der Waals surface area contributed by atoms with E-state index in [0.717, 1.165) is 16.8 Å². The molecular weight excluding hydrogens is 196 g/mol. The van der Waals surface area contributed by atoms with E-state index in [1.165, 1.54) is 0 Å². The maximum Gasteiger partial charge on any atom is 0.0733 e. The molecular formula is C11H9ClN2. The molecule has 0 atom stereocenters. The van der Waals surface area contributed by atoms with E-state index in [9.17, 15) is 0 Å². The van der Waals surface area contributed by atoms with Gasteiger partial charge in [0.1, 0.15) is 0 Å². The predicted octanol–water partition coefficient (Wildman–Crippen LogP) is 3.11. The standard InChI is InChI=1S/C11H9ClN2/c1-8-6-10(12)7-14-11(8)9-2-4-13-5-3-9/h2-7H,1H3. The molecule has 0 radical (unpaired) electrons. The summed E-state index contributed by atoms with van der Waals surface area (Å²) in [5, 5.41) is 0.667. The first-order chi connectivity index (χ1) is 6.77. The Balaban J connectivity index is 2.53. The Morgan fingerprint density at radius 3 is 2.57 bits per heavy atom. The van der Waals surface area contributed by atoms with Crippen LogP contribution in [0.1, 0.15) is 5.56 Å². The third kappa shape index (κ3) is 1.75. The van der Waals surface area contributed by atoms with Crippen LogP contribution in [-0.2, 0) is 0 Å². The molecule has 0 aromatic carbocycles. The fourth-order valence-electron chi connectivity index (χ4n) is 1.35. The number of pyridine rings is 2. The molecule has 0 spiro atoms. The molecule has 0 amide bonds. The molecule has 0 saturated carbocycles. The number of hydrogen-bond acceptors (Lipinski definition) is 2. The van der Waals surface area contributed by atoms with Crippen LogP contribution in [0.3, 0.4) is 0 Å². The summed E-state index contributed by atoms with van der Waals surface area (Å²) in [5.74, 6) is 0. The zero-order valence-corrected chi connectivity index (χ0v) is 8.49. The molecule has 2 nitrogen and oxygen atoms in total. The smallest absolute Gasteiger partial charge is 0.0733 e. The van der Waals surface area contributed by atoms with Gasteiger partial charge in [0.2, 0.25) is 0 Å². The molecule has 0 fully saturated rings. The molecule has 0 bridgehead atoms. The summed E-state index contributed by atoms with van der Waals surface area (Å²) in [6, 6.07) is 5.77. The fraction of sp³-hybridized carbons (Fsp3) is 0.0909. The minimum atomic E-state index is 0.667. The van der Waals surface area contributed by atoms with E-state index < -0.39 is 0 Å². The molecule has 0 saturated heterocycles. The zero-order valence-electron chi connectivity index (χ0n) is 7.74. The lowest BCUT2D eigenvalue weighted by molar-refractivity contribution is 1.25.